The van der Waals surface area contributed by atoms with Gasteiger partial charge in [-0.15, -0.1) is 11.3 Å². The lowest BCUT2D eigenvalue weighted by Crippen LogP contribution is -2.34. The van der Waals surface area contributed by atoms with Crippen molar-refractivity contribution in [2.75, 3.05) is 0 Å². The SMILES string of the molecule is Cc1sc2ncn(CC(=O)NC(C)c3ccccn3)c(=O)c2c1C. The van der Waals surface area contributed by atoms with Gasteiger partial charge in [-0.2, -0.15) is 0 Å². The highest BCUT2D eigenvalue weighted by Gasteiger charge is 2.15. The van der Waals surface area contributed by atoms with Gasteiger partial charge in [0.25, 0.3) is 5.56 Å². The molecule has 0 aromatic carbocycles. The molecule has 0 aliphatic carbocycles. The van der Waals surface area contributed by atoms with Gasteiger partial charge in [-0.1, -0.05) is 6.07 Å². The molecule has 0 saturated carbocycles. The molecule has 124 valence electrons. The topological polar surface area (TPSA) is 76.9 Å². The van der Waals surface area contributed by atoms with Crippen LogP contribution in [-0.2, 0) is 11.3 Å². The van der Waals surface area contributed by atoms with Crippen LogP contribution in [0.4, 0.5) is 0 Å². The van der Waals surface area contributed by atoms with Crippen molar-refractivity contribution in [2.45, 2.75) is 33.4 Å². The van der Waals surface area contributed by atoms with Gasteiger partial charge < -0.3 is 5.32 Å². The Labute approximate surface area is 143 Å². The Hall–Kier alpha value is -2.54. The van der Waals surface area contributed by atoms with Crippen LogP contribution in [-0.4, -0.2) is 20.4 Å². The summed E-state index contributed by atoms with van der Waals surface area (Å²) in [5, 5.41) is 3.46. The Balaban J connectivity index is 1.80. The second-order valence-electron chi connectivity index (χ2n) is 5.68. The summed E-state index contributed by atoms with van der Waals surface area (Å²) in [6.07, 6.45) is 3.12. The van der Waals surface area contributed by atoms with Crippen LogP contribution in [0.15, 0.2) is 35.5 Å². The number of amides is 1. The zero-order valence-corrected chi connectivity index (χ0v) is 14.6. The summed E-state index contributed by atoms with van der Waals surface area (Å²) < 4.78 is 1.35. The maximum atomic E-state index is 12.6. The number of nitrogens with one attached hydrogen (secondary N) is 1. The fraction of sp³-hybridized carbons (Fsp3) is 0.294. The summed E-state index contributed by atoms with van der Waals surface area (Å²) in [6, 6.07) is 5.32. The van der Waals surface area contributed by atoms with Crippen LogP contribution in [0, 0.1) is 13.8 Å². The summed E-state index contributed by atoms with van der Waals surface area (Å²) in [5.74, 6) is -0.249. The number of aromatic nitrogens is 3. The van der Waals surface area contributed by atoms with Crippen LogP contribution < -0.4 is 10.9 Å². The molecule has 3 rings (SSSR count). The molecule has 3 aromatic rings. The van der Waals surface area contributed by atoms with Crippen molar-refractivity contribution >= 4 is 27.5 Å². The smallest absolute Gasteiger partial charge is 0.262 e. The number of rotatable bonds is 4. The standard InChI is InChI=1S/C17H18N4O2S/c1-10-12(3)24-16-15(10)17(23)21(9-19-16)8-14(22)20-11(2)13-6-4-5-7-18-13/h4-7,9,11H,8H2,1-3H3,(H,20,22). The molecule has 3 aromatic heterocycles. The first-order valence-corrected chi connectivity index (χ1v) is 8.44. The Morgan fingerprint density at radius 3 is 2.83 bits per heavy atom. The number of thiophene rings is 1. The van der Waals surface area contributed by atoms with Gasteiger partial charge in [-0.3, -0.25) is 19.1 Å². The molecule has 0 aliphatic heterocycles. The normalized spacial score (nSPS) is 12.3. The van der Waals surface area contributed by atoms with Crippen LogP contribution in [0.2, 0.25) is 0 Å². The Morgan fingerprint density at radius 1 is 1.33 bits per heavy atom. The predicted molar refractivity (Wildman–Crippen MR) is 94.1 cm³/mol. The number of fused-ring (bicyclic) bond motifs is 1. The second kappa shape index (κ2) is 6.52. The molecule has 6 nitrogen and oxygen atoms in total. The third kappa shape index (κ3) is 3.07. The van der Waals surface area contributed by atoms with E-state index in [1.54, 1.807) is 6.20 Å². The number of carbonyl (C=O) groups excluding carboxylic acids is 1. The van der Waals surface area contributed by atoms with Crippen molar-refractivity contribution < 1.29 is 4.79 Å². The van der Waals surface area contributed by atoms with E-state index < -0.39 is 0 Å². The van der Waals surface area contributed by atoms with Gasteiger partial charge >= 0.3 is 0 Å². The third-order valence-electron chi connectivity index (χ3n) is 3.98. The highest BCUT2D eigenvalue weighted by Crippen LogP contribution is 2.25. The molecular weight excluding hydrogens is 324 g/mol. The number of hydrogen-bond acceptors (Lipinski definition) is 5. The van der Waals surface area contributed by atoms with Crippen molar-refractivity contribution in [3.05, 3.63) is 57.2 Å². The predicted octanol–water partition coefficient (Wildman–Crippen LogP) is 2.35. The third-order valence-corrected chi connectivity index (χ3v) is 5.09. The maximum absolute atomic E-state index is 12.6. The van der Waals surface area contributed by atoms with Gasteiger partial charge in [-0.25, -0.2) is 4.98 Å². The first-order valence-electron chi connectivity index (χ1n) is 7.63. The average Bonchev–Trinajstić information content (AvgIpc) is 2.86. The van der Waals surface area contributed by atoms with E-state index in [2.05, 4.69) is 15.3 Å². The molecule has 1 N–H and O–H groups in total. The van der Waals surface area contributed by atoms with Crippen molar-refractivity contribution in [2.24, 2.45) is 0 Å². The molecule has 0 radical (unpaired) electrons. The fourth-order valence-corrected chi connectivity index (χ4v) is 3.52. The van der Waals surface area contributed by atoms with Gasteiger partial charge in [0.1, 0.15) is 11.4 Å². The number of pyridine rings is 1. The lowest BCUT2D eigenvalue weighted by atomic mass is 10.2. The van der Waals surface area contributed by atoms with Gasteiger partial charge in [0.05, 0.1) is 23.4 Å². The lowest BCUT2D eigenvalue weighted by molar-refractivity contribution is -0.122. The minimum Gasteiger partial charge on any atom is -0.346 e. The molecule has 0 spiro atoms. The van der Waals surface area contributed by atoms with E-state index in [1.807, 2.05) is 39.0 Å². The average molecular weight is 342 g/mol. The maximum Gasteiger partial charge on any atom is 0.262 e. The van der Waals surface area contributed by atoms with E-state index in [9.17, 15) is 9.59 Å². The molecule has 3 heterocycles. The molecule has 0 bridgehead atoms. The minimum absolute atomic E-state index is 0.0622. The summed E-state index contributed by atoms with van der Waals surface area (Å²) in [4.78, 5) is 35.1. The molecular formula is C17H18N4O2S. The summed E-state index contributed by atoms with van der Waals surface area (Å²) >= 11 is 1.50. The van der Waals surface area contributed by atoms with Crippen molar-refractivity contribution in [3.8, 4) is 0 Å². The summed E-state index contributed by atoms with van der Waals surface area (Å²) in [6.45, 7) is 5.67. The van der Waals surface area contributed by atoms with E-state index in [0.29, 0.717) is 10.2 Å². The van der Waals surface area contributed by atoms with E-state index in [1.165, 1.54) is 22.2 Å². The molecule has 24 heavy (non-hydrogen) atoms. The first kappa shape index (κ1) is 16.3. The Bertz CT molecular complexity index is 946. The van der Waals surface area contributed by atoms with E-state index in [4.69, 9.17) is 0 Å². The molecule has 0 fully saturated rings. The molecule has 0 aliphatic rings. The van der Waals surface area contributed by atoms with Crippen LogP contribution >= 0.6 is 11.3 Å². The summed E-state index contributed by atoms with van der Waals surface area (Å²) in [7, 11) is 0. The summed E-state index contributed by atoms with van der Waals surface area (Å²) in [5.41, 5.74) is 1.53. The Kier molecular flexibility index (Phi) is 4.44. The number of hydrogen-bond donors (Lipinski definition) is 1. The van der Waals surface area contributed by atoms with Gasteiger partial charge in [0.2, 0.25) is 5.91 Å². The van der Waals surface area contributed by atoms with Crippen molar-refractivity contribution in [1.82, 2.24) is 19.9 Å². The fourth-order valence-electron chi connectivity index (χ4n) is 2.53. The number of aryl methyl sites for hydroxylation is 2. The molecule has 1 amide bonds. The number of carbonyl (C=O) groups is 1. The van der Waals surface area contributed by atoms with Gasteiger partial charge in [0.15, 0.2) is 0 Å². The number of nitrogens with zero attached hydrogens (tertiary/aromatic N) is 3. The van der Waals surface area contributed by atoms with Crippen LogP contribution in [0.25, 0.3) is 10.2 Å². The molecule has 0 saturated heterocycles. The molecule has 1 unspecified atom stereocenters. The zero-order valence-electron chi connectivity index (χ0n) is 13.7. The van der Waals surface area contributed by atoms with Crippen molar-refractivity contribution in [1.29, 1.82) is 0 Å². The van der Waals surface area contributed by atoms with Crippen molar-refractivity contribution in [3.63, 3.8) is 0 Å². The van der Waals surface area contributed by atoms with Crippen LogP contribution in [0.3, 0.4) is 0 Å². The van der Waals surface area contributed by atoms with Crippen LogP contribution in [0.5, 0.6) is 0 Å². The minimum atomic E-state index is -0.249. The van der Waals surface area contributed by atoms with Crippen LogP contribution in [0.1, 0.15) is 29.1 Å². The Morgan fingerprint density at radius 2 is 2.12 bits per heavy atom. The monoisotopic (exact) mass is 342 g/mol. The largest absolute Gasteiger partial charge is 0.346 e. The highest BCUT2D eigenvalue weighted by atomic mass is 32.1. The lowest BCUT2D eigenvalue weighted by Gasteiger charge is -2.13. The first-order chi connectivity index (χ1) is 11.5. The van der Waals surface area contributed by atoms with E-state index in [-0.39, 0.29) is 24.1 Å². The highest BCUT2D eigenvalue weighted by molar-refractivity contribution is 7.18. The van der Waals surface area contributed by atoms with Gasteiger partial charge in [-0.05, 0) is 38.5 Å². The molecule has 7 heteroatoms. The molecule has 1 atom stereocenters. The zero-order chi connectivity index (χ0) is 17.3. The van der Waals surface area contributed by atoms with E-state index >= 15 is 0 Å². The van der Waals surface area contributed by atoms with Gasteiger partial charge in [0, 0.05) is 11.1 Å². The second-order valence-corrected chi connectivity index (χ2v) is 6.89. The quantitative estimate of drug-likeness (QED) is 0.789. The van der Waals surface area contributed by atoms with E-state index in [0.717, 1.165) is 16.1 Å².